The van der Waals surface area contributed by atoms with Crippen LogP contribution in [0.4, 0.5) is 9.52 Å². The SMILES string of the molecule is O=C(Nc1nccs1)c1nc(-c2ccc(F)cc2)n2c1CCCCC2. The fraction of sp³-hybridized carbons (Fsp3) is 0.278. The summed E-state index contributed by atoms with van der Waals surface area (Å²) in [6.45, 7) is 0.819. The highest BCUT2D eigenvalue weighted by atomic mass is 32.1. The lowest BCUT2D eigenvalue weighted by Gasteiger charge is -2.08. The van der Waals surface area contributed by atoms with Crippen LogP contribution in [-0.2, 0) is 13.0 Å². The molecular weight excluding hydrogens is 339 g/mol. The minimum absolute atomic E-state index is 0.242. The molecule has 0 unspecified atom stereocenters. The molecule has 5 nitrogen and oxygen atoms in total. The van der Waals surface area contributed by atoms with Crippen molar-refractivity contribution in [2.75, 3.05) is 5.32 Å². The maximum Gasteiger partial charge on any atom is 0.277 e. The van der Waals surface area contributed by atoms with Gasteiger partial charge in [0.05, 0.1) is 5.69 Å². The van der Waals surface area contributed by atoms with Gasteiger partial charge in [-0.05, 0) is 43.5 Å². The Morgan fingerprint density at radius 2 is 2.04 bits per heavy atom. The molecule has 1 N–H and O–H groups in total. The van der Waals surface area contributed by atoms with Gasteiger partial charge in [-0.2, -0.15) is 0 Å². The second-order valence-electron chi connectivity index (χ2n) is 5.99. The summed E-state index contributed by atoms with van der Waals surface area (Å²) >= 11 is 1.37. The highest BCUT2D eigenvalue weighted by Gasteiger charge is 2.24. The average Bonchev–Trinajstić information content (AvgIpc) is 3.17. The van der Waals surface area contributed by atoms with Gasteiger partial charge in [-0.1, -0.05) is 6.42 Å². The molecule has 25 heavy (non-hydrogen) atoms. The first kappa shape index (κ1) is 16.0. The minimum atomic E-state index is -0.284. The van der Waals surface area contributed by atoms with E-state index in [9.17, 15) is 9.18 Å². The summed E-state index contributed by atoms with van der Waals surface area (Å²) in [5, 5.41) is 5.19. The van der Waals surface area contributed by atoms with Crippen LogP contribution in [-0.4, -0.2) is 20.4 Å². The Bertz CT molecular complexity index is 887. The van der Waals surface area contributed by atoms with Crippen LogP contribution in [0.1, 0.15) is 35.4 Å². The van der Waals surface area contributed by atoms with Crippen LogP contribution in [0.15, 0.2) is 35.8 Å². The molecule has 1 amide bonds. The Morgan fingerprint density at radius 3 is 2.80 bits per heavy atom. The molecule has 0 fully saturated rings. The molecule has 0 spiro atoms. The quantitative estimate of drug-likeness (QED) is 0.768. The maximum absolute atomic E-state index is 13.3. The van der Waals surface area contributed by atoms with Crippen molar-refractivity contribution in [1.29, 1.82) is 0 Å². The third kappa shape index (κ3) is 3.19. The Balaban J connectivity index is 1.76. The van der Waals surface area contributed by atoms with Crippen LogP contribution < -0.4 is 5.32 Å². The molecule has 0 bridgehead atoms. The molecule has 0 saturated heterocycles. The number of rotatable bonds is 3. The highest BCUT2D eigenvalue weighted by molar-refractivity contribution is 7.13. The number of amides is 1. The van der Waals surface area contributed by atoms with Crippen LogP contribution in [0.2, 0.25) is 0 Å². The normalized spacial score (nSPS) is 14.0. The molecule has 1 aromatic carbocycles. The fourth-order valence-electron chi connectivity index (χ4n) is 3.16. The number of carbonyl (C=O) groups is 1. The number of carbonyl (C=O) groups excluding carboxylic acids is 1. The van der Waals surface area contributed by atoms with E-state index in [4.69, 9.17) is 0 Å². The predicted octanol–water partition coefficient (Wildman–Crippen LogP) is 4.12. The molecule has 1 aliphatic rings. The molecule has 0 saturated carbocycles. The van der Waals surface area contributed by atoms with Crippen LogP contribution in [0.25, 0.3) is 11.4 Å². The van der Waals surface area contributed by atoms with E-state index < -0.39 is 0 Å². The Kier molecular flexibility index (Phi) is 4.31. The molecule has 0 aliphatic carbocycles. The first-order valence-corrected chi connectivity index (χ1v) is 9.16. The minimum Gasteiger partial charge on any atom is -0.327 e. The first-order valence-electron chi connectivity index (χ1n) is 8.28. The summed E-state index contributed by atoms with van der Waals surface area (Å²) in [6, 6.07) is 6.25. The highest BCUT2D eigenvalue weighted by Crippen LogP contribution is 2.28. The fourth-order valence-corrected chi connectivity index (χ4v) is 3.69. The Hall–Kier alpha value is -2.54. The third-order valence-electron chi connectivity index (χ3n) is 4.34. The summed E-state index contributed by atoms with van der Waals surface area (Å²) < 4.78 is 15.4. The predicted molar refractivity (Wildman–Crippen MR) is 95.2 cm³/mol. The molecule has 7 heteroatoms. The van der Waals surface area contributed by atoms with Crippen LogP contribution in [0.5, 0.6) is 0 Å². The van der Waals surface area contributed by atoms with E-state index in [1.165, 1.54) is 23.5 Å². The molecule has 2 aromatic heterocycles. The van der Waals surface area contributed by atoms with E-state index in [1.54, 1.807) is 18.3 Å². The summed E-state index contributed by atoms with van der Waals surface area (Å²) in [5.41, 5.74) is 2.21. The standard InChI is InChI=1S/C18H17FN4OS/c19-13-7-5-12(6-8-13)16-21-15(14-4-2-1-3-10-23(14)16)17(24)22-18-20-9-11-25-18/h5-9,11H,1-4,10H2,(H,20,22,24). The summed E-state index contributed by atoms with van der Waals surface area (Å²) in [6.07, 6.45) is 5.67. The summed E-state index contributed by atoms with van der Waals surface area (Å²) in [4.78, 5) is 21.4. The van der Waals surface area contributed by atoms with Gasteiger partial charge in [-0.15, -0.1) is 11.3 Å². The van der Waals surface area contributed by atoms with Crippen molar-refractivity contribution in [1.82, 2.24) is 14.5 Å². The molecule has 0 atom stereocenters. The lowest BCUT2D eigenvalue weighted by atomic mass is 10.1. The number of thiazole rings is 1. The number of hydrogen-bond donors (Lipinski definition) is 1. The Labute approximate surface area is 148 Å². The van der Waals surface area contributed by atoms with Crippen LogP contribution >= 0.6 is 11.3 Å². The first-order chi connectivity index (χ1) is 12.2. The van der Waals surface area contributed by atoms with Crippen molar-refractivity contribution in [3.8, 4) is 11.4 Å². The number of benzene rings is 1. The lowest BCUT2D eigenvalue weighted by Crippen LogP contribution is -2.15. The van der Waals surface area contributed by atoms with Crippen molar-refractivity contribution < 1.29 is 9.18 Å². The van der Waals surface area contributed by atoms with Crippen molar-refractivity contribution >= 4 is 22.4 Å². The second kappa shape index (κ2) is 6.76. The van der Waals surface area contributed by atoms with E-state index >= 15 is 0 Å². The number of nitrogens with one attached hydrogen (secondary N) is 1. The molecule has 0 radical (unpaired) electrons. The van der Waals surface area contributed by atoms with Gasteiger partial charge in [0.2, 0.25) is 0 Å². The van der Waals surface area contributed by atoms with E-state index in [1.807, 2.05) is 5.38 Å². The Morgan fingerprint density at radius 1 is 1.20 bits per heavy atom. The van der Waals surface area contributed by atoms with Crippen molar-refractivity contribution in [3.63, 3.8) is 0 Å². The lowest BCUT2D eigenvalue weighted by molar-refractivity contribution is 0.102. The van der Waals surface area contributed by atoms with Gasteiger partial charge in [-0.25, -0.2) is 14.4 Å². The van der Waals surface area contributed by atoms with E-state index in [0.29, 0.717) is 10.8 Å². The van der Waals surface area contributed by atoms with Crippen molar-refractivity contribution in [3.05, 3.63) is 53.0 Å². The van der Waals surface area contributed by atoms with E-state index in [2.05, 4.69) is 19.9 Å². The van der Waals surface area contributed by atoms with Gasteiger partial charge < -0.3 is 4.57 Å². The number of anilines is 1. The van der Waals surface area contributed by atoms with Crippen molar-refractivity contribution in [2.24, 2.45) is 0 Å². The van der Waals surface area contributed by atoms with Gasteiger partial charge in [0.15, 0.2) is 5.13 Å². The molecule has 128 valence electrons. The number of aromatic nitrogens is 3. The number of fused-ring (bicyclic) bond motifs is 1. The second-order valence-corrected chi connectivity index (χ2v) is 6.89. The van der Waals surface area contributed by atoms with E-state index in [0.717, 1.165) is 49.3 Å². The topological polar surface area (TPSA) is 59.8 Å². The number of halogens is 1. The van der Waals surface area contributed by atoms with Crippen LogP contribution in [0, 0.1) is 5.82 Å². The zero-order valence-corrected chi connectivity index (χ0v) is 14.4. The maximum atomic E-state index is 13.3. The zero-order valence-electron chi connectivity index (χ0n) is 13.5. The van der Waals surface area contributed by atoms with Crippen LogP contribution in [0.3, 0.4) is 0 Å². The monoisotopic (exact) mass is 356 g/mol. The number of nitrogens with zero attached hydrogens (tertiary/aromatic N) is 3. The zero-order chi connectivity index (χ0) is 17.2. The molecular formula is C18H17FN4OS. The smallest absolute Gasteiger partial charge is 0.277 e. The average molecular weight is 356 g/mol. The third-order valence-corrected chi connectivity index (χ3v) is 5.03. The molecule has 1 aliphatic heterocycles. The van der Waals surface area contributed by atoms with Gasteiger partial charge in [-0.3, -0.25) is 10.1 Å². The van der Waals surface area contributed by atoms with E-state index in [-0.39, 0.29) is 11.7 Å². The van der Waals surface area contributed by atoms with Gasteiger partial charge in [0.1, 0.15) is 17.3 Å². The number of hydrogen-bond acceptors (Lipinski definition) is 4. The summed E-state index contributed by atoms with van der Waals surface area (Å²) in [5.74, 6) is 0.197. The molecule has 3 heterocycles. The largest absolute Gasteiger partial charge is 0.327 e. The van der Waals surface area contributed by atoms with Gasteiger partial charge in [0.25, 0.3) is 5.91 Å². The van der Waals surface area contributed by atoms with Gasteiger partial charge in [0, 0.05) is 23.7 Å². The molecule has 3 aromatic rings. The van der Waals surface area contributed by atoms with Crippen molar-refractivity contribution in [2.45, 2.75) is 32.2 Å². The number of imidazole rings is 1. The summed E-state index contributed by atoms with van der Waals surface area (Å²) in [7, 11) is 0. The molecule has 4 rings (SSSR count). The van der Waals surface area contributed by atoms with Gasteiger partial charge >= 0.3 is 0 Å².